The van der Waals surface area contributed by atoms with E-state index < -0.39 is 5.91 Å². The van der Waals surface area contributed by atoms with Gasteiger partial charge in [0.25, 0.3) is 5.91 Å². The third-order valence-electron chi connectivity index (χ3n) is 4.56. The second-order valence-electron chi connectivity index (χ2n) is 6.93. The number of rotatable bonds is 7. The van der Waals surface area contributed by atoms with E-state index in [0.717, 1.165) is 11.3 Å². The van der Waals surface area contributed by atoms with Crippen LogP contribution in [0.25, 0.3) is 11.1 Å². The first-order valence-corrected chi connectivity index (χ1v) is 10.0. The number of ether oxygens (including phenoxy) is 2. The first-order chi connectivity index (χ1) is 16.5. The number of carbonyl (C=O) groups is 1. The van der Waals surface area contributed by atoms with Crippen molar-refractivity contribution < 1.29 is 14.3 Å². The number of carbonyl (C=O) groups excluding carboxylic acids is 1. The molecular weight excluding hydrogens is 432 g/mol. The van der Waals surface area contributed by atoms with Crippen molar-refractivity contribution in [1.29, 1.82) is 5.26 Å². The standard InChI is InChI=1S/C25H18N6O3/c1-16(12-26)24(32)31-18-11-21(14-28-13-18)34-25-22(23(27)29-15-30-25)17-7-9-20(10-8-17)33-19-5-3-2-4-6-19/h2-11,13-15H,1H2,(H,31,32)(H2,27,29,30). The van der Waals surface area contributed by atoms with Gasteiger partial charge in [-0.25, -0.2) is 9.97 Å². The molecular formula is C25H18N6O3. The molecule has 9 nitrogen and oxygen atoms in total. The molecule has 0 unspecified atom stereocenters. The summed E-state index contributed by atoms with van der Waals surface area (Å²) in [6, 6.07) is 19.9. The first-order valence-electron chi connectivity index (χ1n) is 10.0. The number of amides is 1. The third-order valence-corrected chi connectivity index (χ3v) is 4.56. The Labute approximate surface area is 195 Å². The lowest BCUT2D eigenvalue weighted by molar-refractivity contribution is -0.112. The van der Waals surface area contributed by atoms with Crippen LogP contribution in [-0.4, -0.2) is 20.9 Å². The molecule has 2 heterocycles. The molecule has 166 valence electrons. The number of nitrogens with zero attached hydrogens (tertiary/aromatic N) is 4. The minimum Gasteiger partial charge on any atom is -0.457 e. The van der Waals surface area contributed by atoms with Gasteiger partial charge >= 0.3 is 0 Å². The van der Waals surface area contributed by atoms with Crippen LogP contribution in [0.5, 0.6) is 23.1 Å². The number of hydrogen-bond acceptors (Lipinski definition) is 8. The van der Waals surface area contributed by atoms with Crippen molar-refractivity contribution in [1.82, 2.24) is 15.0 Å². The molecule has 9 heteroatoms. The van der Waals surface area contributed by atoms with E-state index in [0.29, 0.717) is 22.7 Å². The maximum atomic E-state index is 11.9. The second-order valence-corrected chi connectivity index (χ2v) is 6.93. The summed E-state index contributed by atoms with van der Waals surface area (Å²) in [6.07, 6.45) is 4.15. The zero-order valence-electron chi connectivity index (χ0n) is 17.8. The van der Waals surface area contributed by atoms with Gasteiger partial charge in [0.05, 0.1) is 23.6 Å². The van der Waals surface area contributed by atoms with Crippen LogP contribution in [0, 0.1) is 11.3 Å². The van der Waals surface area contributed by atoms with Crippen LogP contribution in [0.3, 0.4) is 0 Å². The van der Waals surface area contributed by atoms with Gasteiger partial charge in [0, 0.05) is 6.07 Å². The van der Waals surface area contributed by atoms with Crippen molar-refractivity contribution in [2.75, 3.05) is 11.1 Å². The van der Waals surface area contributed by atoms with Crippen molar-refractivity contribution in [3.63, 3.8) is 0 Å². The van der Waals surface area contributed by atoms with Crippen molar-refractivity contribution >= 4 is 17.4 Å². The summed E-state index contributed by atoms with van der Waals surface area (Å²) in [5.41, 5.74) is 7.44. The summed E-state index contributed by atoms with van der Waals surface area (Å²) in [4.78, 5) is 24.2. The summed E-state index contributed by atoms with van der Waals surface area (Å²) < 4.78 is 11.7. The van der Waals surface area contributed by atoms with E-state index in [1.165, 1.54) is 24.8 Å². The van der Waals surface area contributed by atoms with Crippen molar-refractivity contribution in [3.05, 3.63) is 91.5 Å². The topological polar surface area (TPSA) is 136 Å². The van der Waals surface area contributed by atoms with E-state index in [2.05, 4.69) is 26.8 Å². The number of nitrogens with two attached hydrogens (primary N) is 1. The number of aromatic nitrogens is 3. The van der Waals surface area contributed by atoms with Crippen LogP contribution in [0.4, 0.5) is 11.5 Å². The average Bonchev–Trinajstić information content (AvgIpc) is 2.85. The maximum Gasteiger partial charge on any atom is 0.265 e. The number of benzene rings is 2. The van der Waals surface area contributed by atoms with Gasteiger partial charge in [0.1, 0.15) is 41.0 Å². The highest BCUT2D eigenvalue weighted by molar-refractivity contribution is 6.06. The van der Waals surface area contributed by atoms with Gasteiger partial charge in [-0.3, -0.25) is 9.78 Å². The monoisotopic (exact) mass is 450 g/mol. The Hall–Kier alpha value is -5.23. The lowest BCUT2D eigenvalue weighted by Gasteiger charge is -2.13. The normalized spacial score (nSPS) is 10.1. The molecule has 0 aliphatic rings. The van der Waals surface area contributed by atoms with Crippen LogP contribution in [-0.2, 0) is 4.79 Å². The molecule has 0 aliphatic carbocycles. The fraction of sp³-hybridized carbons (Fsp3) is 0. The van der Waals surface area contributed by atoms with E-state index in [-0.39, 0.29) is 17.3 Å². The van der Waals surface area contributed by atoms with Gasteiger partial charge in [0.2, 0.25) is 5.88 Å². The van der Waals surface area contributed by atoms with Crippen LogP contribution >= 0.6 is 0 Å². The molecule has 4 rings (SSSR count). The smallest absolute Gasteiger partial charge is 0.265 e. The Morgan fingerprint density at radius 2 is 1.71 bits per heavy atom. The number of nitriles is 1. The number of nitrogens with one attached hydrogen (secondary N) is 1. The molecule has 34 heavy (non-hydrogen) atoms. The largest absolute Gasteiger partial charge is 0.457 e. The van der Waals surface area contributed by atoms with Crippen LogP contribution in [0.2, 0.25) is 0 Å². The van der Waals surface area contributed by atoms with Gasteiger partial charge in [-0.2, -0.15) is 5.26 Å². The van der Waals surface area contributed by atoms with Crippen LogP contribution < -0.4 is 20.5 Å². The fourth-order valence-electron chi connectivity index (χ4n) is 2.96. The van der Waals surface area contributed by atoms with Crippen molar-refractivity contribution in [3.8, 4) is 40.3 Å². The third kappa shape index (κ3) is 5.15. The molecule has 0 saturated heterocycles. The summed E-state index contributed by atoms with van der Waals surface area (Å²) in [7, 11) is 0. The summed E-state index contributed by atoms with van der Waals surface area (Å²) in [5.74, 6) is 1.47. The molecule has 0 fully saturated rings. The van der Waals surface area contributed by atoms with Gasteiger partial charge in [0.15, 0.2) is 0 Å². The lowest BCUT2D eigenvalue weighted by atomic mass is 10.1. The molecule has 0 atom stereocenters. The van der Waals surface area contributed by atoms with Crippen molar-refractivity contribution in [2.24, 2.45) is 0 Å². The summed E-state index contributed by atoms with van der Waals surface area (Å²) >= 11 is 0. The fourth-order valence-corrected chi connectivity index (χ4v) is 2.96. The number of pyridine rings is 1. The molecule has 0 aliphatic heterocycles. The summed E-state index contributed by atoms with van der Waals surface area (Å²) in [5, 5.41) is 11.3. The molecule has 4 aromatic rings. The minimum absolute atomic E-state index is 0.205. The molecule has 3 N–H and O–H groups in total. The number of nitrogen functional groups attached to an aromatic ring is 1. The van der Waals surface area contributed by atoms with Crippen LogP contribution in [0.1, 0.15) is 0 Å². The Kier molecular flexibility index (Phi) is 6.42. The summed E-state index contributed by atoms with van der Waals surface area (Å²) in [6.45, 7) is 3.38. The van der Waals surface area contributed by atoms with Crippen molar-refractivity contribution in [2.45, 2.75) is 0 Å². The molecule has 0 saturated carbocycles. The van der Waals surface area contributed by atoms with E-state index in [4.69, 9.17) is 20.5 Å². The van der Waals surface area contributed by atoms with E-state index in [1.807, 2.05) is 42.5 Å². The van der Waals surface area contributed by atoms with E-state index in [1.54, 1.807) is 18.2 Å². The minimum atomic E-state index is -0.633. The van der Waals surface area contributed by atoms with Gasteiger partial charge in [-0.1, -0.05) is 36.9 Å². The number of anilines is 2. The molecule has 1 amide bonds. The number of hydrogen-bond donors (Lipinski definition) is 2. The highest BCUT2D eigenvalue weighted by Crippen LogP contribution is 2.36. The quantitative estimate of drug-likeness (QED) is 0.305. The Balaban J connectivity index is 1.57. The van der Waals surface area contributed by atoms with Gasteiger partial charge in [-0.05, 0) is 29.8 Å². The maximum absolute atomic E-state index is 11.9. The van der Waals surface area contributed by atoms with E-state index >= 15 is 0 Å². The molecule has 2 aromatic heterocycles. The highest BCUT2D eigenvalue weighted by atomic mass is 16.5. The Bertz CT molecular complexity index is 1380. The average molecular weight is 450 g/mol. The highest BCUT2D eigenvalue weighted by Gasteiger charge is 2.15. The van der Waals surface area contributed by atoms with Crippen LogP contribution in [0.15, 0.2) is 91.5 Å². The SMILES string of the molecule is C=C(C#N)C(=O)Nc1cncc(Oc2ncnc(N)c2-c2ccc(Oc3ccccc3)cc2)c1. The van der Waals surface area contributed by atoms with Gasteiger partial charge < -0.3 is 20.5 Å². The second kappa shape index (κ2) is 9.93. The van der Waals surface area contributed by atoms with Gasteiger partial charge in [-0.15, -0.1) is 0 Å². The molecule has 2 aromatic carbocycles. The number of para-hydroxylation sites is 1. The molecule has 0 bridgehead atoms. The predicted octanol–water partition coefficient (Wildman–Crippen LogP) is 4.72. The first kappa shape index (κ1) is 22.0. The lowest BCUT2D eigenvalue weighted by Crippen LogP contribution is -2.12. The van der Waals surface area contributed by atoms with E-state index in [9.17, 15) is 4.79 Å². The zero-order chi connectivity index (χ0) is 23.9. The Morgan fingerprint density at radius 3 is 2.44 bits per heavy atom. The molecule has 0 spiro atoms. The Morgan fingerprint density at radius 1 is 0.971 bits per heavy atom. The zero-order valence-corrected chi connectivity index (χ0v) is 17.8. The molecule has 0 radical (unpaired) electrons. The predicted molar refractivity (Wildman–Crippen MR) is 126 cm³/mol.